The van der Waals surface area contributed by atoms with Crippen molar-refractivity contribution >= 4 is 21.6 Å². The number of nitrogens with one attached hydrogen (secondary N) is 1. The zero-order chi connectivity index (χ0) is 11.5. The van der Waals surface area contributed by atoms with Gasteiger partial charge in [0.05, 0.1) is 0 Å². The number of benzene rings is 1. The molecule has 0 amide bonds. The number of piperidine rings is 1. The van der Waals surface area contributed by atoms with Gasteiger partial charge in [0.15, 0.2) is 0 Å². The largest absolute Gasteiger partial charge is 0.381 e. The highest BCUT2D eigenvalue weighted by Crippen LogP contribution is 2.22. The Bertz CT molecular complexity index is 365. The summed E-state index contributed by atoms with van der Waals surface area (Å²) in [6.45, 7) is 4.49. The molecule has 88 valence electrons. The summed E-state index contributed by atoms with van der Waals surface area (Å²) in [5, 5.41) is 3.61. The van der Waals surface area contributed by atoms with Crippen molar-refractivity contribution in [1.82, 2.24) is 4.90 Å². The van der Waals surface area contributed by atoms with Crippen molar-refractivity contribution in [2.45, 2.75) is 25.8 Å². The van der Waals surface area contributed by atoms with Crippen LogP contribution in [0.4, 0.5) is 5.69 Å². The number of hydrogen-bond acceptors (Lipinski definition) is 2. The van der Waals surface area contributed by atoms with Crippen molar-refractivity contribution in [3.05, 3.63) is 28.2 Å². The first-order valence-electron chi connectivity index (χ1n) is 5.86. The van der Waals surface area contributed by atoms with E-state index in [2.05, 4.69) is 58.3 Å². The van der Waals surface area contributed by atoms with Gasteiger partial charge in [-0.1, -0.05) is 22.0 Å². The molecule has 1 aromatic rings. The number of likely N-dealkylation sites (tertiary alicyclic amines) is 1. The van der Waals surface area contributed by atoms with Gasteiger partial charge in [0.25, 0.3) is 0 Å². The van der Waals surface area contributed by atoms with Crippen LogP contribution in [0.5, 0.6) is 0 Å². The SMILES string of the molecule is Cc1ccc(NC2CCCN(C)C2)cc1Br. The second kappa shape index (κ2) is 5.19. The number of rotatable bonds is 2. The van der Waals surface area contributed by atoms with Gasteiger partial charge in [-0.05, 0) is 51.1 Å². The molecule has 1 aromatic carbocycles. The molecule has 3 heteroatoms. The summed E-state index contributed by atoms with van der Waals surface area (Å²) in [7, 11) is 2.19. The van der Waals surface area contributed by atoms with Gasteiger partial charge in [0.2, 0.25) is 0 Å². The molecular formula is C13H19BrN2. The van der Waals surface area contributed by atoms with Crippen molar-refractivity contribution in [3.63, 3.8) is 0 Å². The van der Waals surface area contributed by atoms with Crippen LogP contribution in [0.15, 0.2) is 22.7 Å². The Morgan fingerprint density at radius 2 is 2.25 bits per heavy atom. The predicted molar refractivity (Wildman–Crippen MR) is 73.0 cm³/mol. The Morgan fingerprint density at radius 1 is 1.44 bits per heavy atom. The van der Waals surface area contributed by atoms with Crippen LogP contribution in [-0.4, -0.2) is 31.1 Å². The first-order chi connectivity index (χ1) is 7.65. The first kappa shape index (κ1) is 11.9. The number of likely N-dealkylation sites (N-methyl/N-ethyl adjacent to an activating group) is 1. The van der Waals surface area contributed by atoms with Gasteiger partial charge >= 0.3 is 0 Å². The third-order valence-electron chi connectivity index (χ3n) is 3.17. The summed E-state index contributed by atoms with van der Waals surface area (Å²) in [5.74, 6) is 0. The molecule has 1 heterocycles. The lowest BCUT2D eigenvalue weighted by Gasteiger charge is -2.31. The van der Waals surface area contributed by atoms with Gasteiger partial charge in [-0.3, -0.25) is 0 Å². The van der Waals surface area contributed by atoms with E-state index in [4.69, 9.17) is 0 Å². The van der Waals surface area contributed by atoms with Crippen LogP contribution in [0, 0.1) is 6.92 Å². The fourth-order valence-corrected chi connectivity index (χ4v) is 2.58. The Balaban J connectivity index is 2.00. The average Bonchev–Trinajstić information content (AvgIpc) is 2.24. The van der Waals surface area contributed by atoms with Crippen LogP contribution in [0.1, 0.15) is 18.4 Å². The summed E-state index contributed by atoms with van der Waals surface area (Å²) in [6.07, 6.45) is 2.57. The van der Waals surface area contributed by atoms with Crippen molar-refractivity contribution in [1.29, 1.82) is 0 Å². The zero-order valence-corrected chi connectivity index (χ0v) is 11.5. The van der Waals surface area contributed by atoms with Crippen molar-refractivity contribution < 1.29 is 0 Å². The van der Waals surface area contributed by atoms with Crippen LogP contribution in [-0.2, 0) is 0 Å². The van der Waals surface area contributed by atoms with E-state index in [0.717, 1.165) is 6.54 Å². The Morgan fingerprint density at radius 3 is 2.94 bits per heavy atom. The van der Waals surface area contributed by atoms with E-state index in [1.165, 1.54) is 35.1 Å². The molecule has 2 rings (SSSR count). The molecular weight excluding hydrogens is 264 g/mol. The normalized spacial score (nSPS) is 22.1. The fraction of sp³-hybridized carbons (Fsp3) is 0.538. The molecule has 1 aliphatic heterocycles. The highest BCUT2D eigenvalue weighted by Gasteiger charge is 2.16. The monoisotopic (exact) mass is 282 g/mol. The summed E-state index contributed by atoms with van der Waals surface area (Å²) in [4.78, 5) is 2.39. The zero-order valence-electron chi connectivity index (χ0n) is 9.96. The molecule has 0 aromatic heterocycles. The third-order valence-corrected chi connectivity index (χ3v) is 4.02. The first-order valence-corrected chi connectivity index (χ1v) is 6.65. The molecule has 1 fully saturated rings. The highest BCUT2D eigenvalue weighted by atomic mass is 79.9. The lowest BCUT2D eigenvalue weighted by molar-refractivity contribution is 0.261. The van der Waals surface area contributed by atoms with Crippen molar-refractivity contribution in [2.75, 3.05) is 25.5 Å². The van der Waals surface area contributed by atoms with E-state index in [9.17, 15) is 0 Å². The Hall–Kier alpha value is -0.540. The van der Waals surface area contributed by atoms with E-state index in [-0.39, 0.29) is 0 Å². The second-order valence-corrected chi connectivity index (χ2v) is 5.56. The summed E-state index contributed by atoms with van der Waals surface area (Å²) in [5.41, 5.74) is 2.50. The minimum absolute atomic E-state index is 0.591. The van der Waals surface area contributed by atoms with Crippen LogP contribution in [0.25, 0.3) is 0 Å². The minimum Gasteiger partial charge on any atom is -0.381 e. The highest BCUT2D eigenvalue weighted by molar-refractivity contribution is 9.10. The summed E-state index contributed by atoms with van der Waals surface area (Å²) in [6, 6.07) is 7.07. The quantitative estimate of drug-likeness (QED) is 0.896. The molecule has 1 aliphatic rings. The number of hydrogen-bond donors (Lipinski definition) is 1. The molecule has 16 heavy (non-hydrogen) atoms. The van der Waals surface area contributed by atoms with Gasteiger partial charge < -0.3 is 10.2 Å². The van der Waals surface area contributed by atoms with Crippen molar-refractivity contribution in [2.24, 2.45) is 0 Å². The lowest BCUT2D eigenvalue weighted by Crippen LogP contribution is -2.39. The molecule has 0 bridgehead atoms. The molecule has 1 atom stereocenters. The average molecular weight is 283 g/mol. The van der Waals surface area contributed by atoms with Gasteiger partial charge in [0.1, 0.15) is 0 Å². The minimum atomic E-state index is 0.591. The van der Waals surface area contributed by atoms with Crippen LogP contribution < -0.4 is 5.32 Å². The number of halogens is 1. The molecule has 0 spiro atoms. The van der Waals surface area contributed by atoms with Gasteiger partial charge in [-0.2, -0.15) is 0 Å². The molecule has 1 saturated heterocycles. The molecule has 0 radical (unpaired) electrons. The third kappa shape index (κ3) is 2.98. The van der Waals surface area contributed by atoms with E-state index in [0.29, 0.717) is 6.04 Å². The Labute approximate surface area is 106 Å². The van der Waals surface area contributed by atoms with E-state index < -0.39 is 0 Å². The molecule has 0 saturated carbocycles. The standard InChI is InChI=1S/C13H19BrN2/c1-10-5-6-11(8-13(10)14)15-12-4-3-7-16(2)9-12/h5-6,8,12,15H,3-4,7,9H2,1-2H3. The number of aryl methyl sites for hydroxylation is 1. The van der Waals surface area contributed by atoms with E-state index in [1.807, 2.05) is 0 Å². The van der Waals surface area contributed by atoms with Gasteiger partial charge in [-0.15, -0.1) is 0 Å². The molecule has 0 aliphatic carbocycles. The molecule has 1 N–H and O–H groups in total. The number of nitrogens with zero attached hydrogens (tertiary/aromatic N) is 1. The topological polar surface area (TPSA) is 15.3 Å². The maximum Gasteiger partial charge on any atom is 0.0388 e. The van der Waals surface area contributed by atoms with Crippen molar-refractivity contribution in [3.8, 4) is 0 Å². The maximum absolute atomic E-state index is 3.61. The summed E-state index contributed by atoms with van der Waals surface area (Å²) >= 11 is 3.57. The fourth-order valence-electron chi connectivity index (χ4n) is 2.20. The van der Waals surface area contributed by atoms with Crippen LogP contribution in [0.2, 0.25) is 0 Å². The van der Waals surface area contributed by atoms with Crippen LogP contribution in [0.3, 0.4) is 0 Å². The lowest BCUT2D eigenvalue weighted by atomic mass is 10.1. The van der Waals surface area contributed by atoms with Crippen LogP contribution >= 0.6 is 15.9 Å². The van der Waals surface area contributed by atoms with E-state index >= 15 is 0 Å². The second-order valence-electron chi connectivity index (χ2n) is 4.71. The van der Waals surface area contributed by atoms with Gasteiger partial charge in [-0.25, -0.2) is 0 Å². The molecule has 1 unspecified atom stereocenters. The smallest absolute Gasteiger partial charge is 0.0388 e. The van der Waals surface area contributed by atoms with Gasteiger partial charge in [0, 0.05) is 22.7 Å². The molecule has 2 nitrogen and oxygen atoms in total. The van der Waals surface area contributed by atoms with E-state index in [1.54, 1.807) is 0 Å². The summed E-state index contributed by atoms with van der Waals surface area (Å²) < 4.78 is 1.18. The maximum atomic E-state index is 3.61. The predicted octanol–water partition coefficient (Wildman–Crippen LogP) is 3.26. The Kier molecular flexibility index (Phi) is 3.87. The number of anilines is 1.